The third-order valence-corrected chi connectivity index (χ3v) is 5.50. The van der Waals surface area contributed by atoms with Crippen LogP contribution in [0.2, 0.25) is 0 Å². The summed E-state index contributed by atoms with van der Waals surface area (Å²) in [7, 11) is 0. The Labute approximate surface area is 194 Å². The molecule has 2 N–H and O–H groups in total. The van der Waals surface area contributed by atoms with Crippen LogP contribution in [0.4, 0.5) is 11.4 Å². The molecular formula is C25H19N3O6. The normalized spacial score (nSPS) is 18.3. The number of hydrogen-bond donors (Lipinski definition) is 2. The van der Waals surface area contributed by atoms with E-state index in [4.69, 9.17) is 9.47 Å². The van der Waals surface area contributed by atoms with Gasteiger partial charge in [0.25, 0.3) is 11.7 Å². The summed E-state index contributed by atoms with van der Waals surface area (Å²) in [5.41, 5.74) is 1.42. The van der Waals surface area contributed by atoms with Crippen molar-refractivity contribution in [1.29, 1.82) is 0 Å². The minimum absolute atomic E-state index is 0.0580. The van der Waals surface area contributed by atoms with Crippen LogP contribution in [0, 0.1) is 0 Å². The van der Waals surface area contributed by atoms with Gasteiger partial charge in [-0.05, 0) is 48.5 Å². The topological polar surface area (TPSA) is 118 Å². The van der Waals surface area contributed by atoms with E-state index in [9.17, 15) is 19.5 Å². The molecule has 0 radical (unpaired) electrons. The molecule has 170 valence electrons. The lowest BCUT2D eigenvalue weighted by Crippen LogP contribution is -2.30. The van der Waals surface area contributed by atoms with E-state index < -0.39 is 17.7 Å². The van der Waals surface area contributed by atoms with Crippen LogP contribution in [0.5, 0.6) is 11.5 Å². The summed E-state index contributed by atoms with van der Waals surface area (Å²) in [6.07, 6.45) is 1.55. The summed E-state index contributed by atoms with van der Waals surface area (Å²) >= 11 is 0. The molecule has 1 fully saturated rings. The van der Waals surface area contributed by atoms with Gasteiger partial charge in [0.1, 0.15) is 11.8 Å². The van der Waals surface area contributed by atoms with E-state index in [0.717, 1.165) is 0 Å². The Morgan fingerprint density at radius 2 is 1.88 bits per heavy atom. The Morgan fingerprint density at radius 3 is 2.65 bits per heavy atom. The van der Waals surface area contributed by atoms with E-state index >= 15 is 0 Å². The highest BCUT2D eigenvalue weighted by Crippen LogP contribution is 2.43. The summed E-state index contributed by atoms with van der Waals surface area (Å²) < 4.78 is 10.7. The molecule has 2 aliphatic rings. The number of carbonyl (C=O) groups excluding carboxylic acids is 3. The van der Waals surface area contributed by atoms with Crippen LogP contribution in [-0.4, -0.2) is 34.5 Å². The Hall–Kier alpha value is -4.66. The van der Waals surface area contributed by atoms with Crippen molar-refractivity contribution in [2.24, 2.45) is 0 Å². The summed E-state index contributed by atoms with van der Waals surface area (Å²) in [5, 5.41) is 13.9. The van der Waals surface area contributed by atoms with E-state index in [-0.39, 0.29) is 24.0 Å². The van der Waals surface area contributed by atoms with E-state index in [1.807, 2.05) is 0 Å². The highest BCUT2D eigenvalue weighted by atomic mass is 16.7. The summed E-state index contributed by atoms with van der Waals surface area (Å²) in [6.45, 7) is 1.43. The predicted molar refractivity (Wildman–Crippen MR) is 122 cm³/mol. The average molecular weight is 457 g/mol. The zero-order valence-electron chi connectivity index (χ0n) is 18.0. The molecule has 1 unspecified atom stereocenters. The minimum Gasteiger partial charge on any atom is -0.507 e. The SMILES string of the molecule is CC(=O)Nc1cccc(N2C(=O)C(=O)/C(=C(\O)c3ccc4c(c3)OCO4)C2c2ccccn2)c1. The molecule has 34 heavy (non-hydrogen) atoms. The molecule has 1 saturated heterocycles. The standard InChI is InChI=1S/C25H19N3O6/c1-14(29)27-16-5-4-6-17(12-16)28-22(18-7-2-3-10-26-18)21(24(31)25(28)32)23(30)15-8-9-19-20(11-15)34-13-33-19/h2-12,22,30H,13H2,1H3,(H,27,29)/b23-21-. The van der Waals surface area contributed by atoms with Gasteiger partial charge in [-0.1, -0.05) is 12.1 Å². The number of aromatic nitrogens is 1. The van der Waals surface area contributed by atoms with Crippen LogP contribution in [0.25, 0.3) is 5.76 Å². The number of Topliss-reactive ketones (excluding diaryl/α,β-unsaturated/α-hetero) is 1. The smallest absolute Gasteiger partial charge is 0.300 e. The zero-order valence-corrected chi connectivity index (χ0v) is 18.0. The van der Waals surface area contributed by atoms with Crippen molar-refractivity contribution in [3.8, 4) is 11.5 Å². The Balaban J connectivity index is 1.67. The van der Waals surface area contributed by atoms with Crippen molar-refractivity contribution in [2.45, 2.75) is 13.0 Å². The lowest BCUT2D eigenvalue weighted by Gasteiger charge is -2.25. The van der Waals surface area contributed by atoms with Gasteiger partial charge in [0, 0.05) is 30.1 Å². The van der Waals surface area contributed by atoms with Gasteiger partial charge >= 0.3 is 0 Å². The van der Waals surface area contributed by atoms with E-state index in [0.29, 0.717) is 34.1 Å². The number of pyridine rings is 1. The Morgan fingerprint density at radius 1 is 1.06 bits per heavy atom. The second-order valence-electron chi connectivity index (χ2n) is 7.72. The van der Waals surface area contributed by atoms with Gasteiger partial charge in [-0.2, -0.15) is 0 Å². The molecule has 3 aromatic rings. The number of anilines is 2. The number of amides is 2. The summed E-state index contributed by atoms with van der Waals surface area (Å²) in [4.78, 5) is 43.6. The number of nitrogens with one attached hydrogen (secondary N) is 1. The van der Waals surface area contributed by atoms with E-state index in [2.05, 4.69) is 10.3 Å². The number of aliphatic hydroxyl groups is 1. The van der Waals surface area contributed by atoms with Gasteiger partial charge in [-0.3, -0.25) is 24.3 Å². The van der Waals surface area contributed by atoms with Crippen molar-refractivity contribution in [3.63, 3.8) is 0 Å². The van der Waals surface area contributed by atoms with Crippen LogP contribution in [0.15, 0.2) is 72.4 Å². The Kier molecular flexibility index (Phi) is 5.21. The van der Waals surface area contributed by atoms with Gasteiger partial charge in [0.2, 0.25) is 12.7 Å². The molecule has 2 aliphatic heterocycles. The van der Waals surface area contributed by atoms with Gasteiger partial charge in [-0.25, -0.2) is 0 Å². The first-order valence-electron chi connectivity index (χ1n) is 10.4. The maximum atomic E-state index is 13.2. The van der Waals surface area contributed by atoms with Gasteiger partial charge in [-0.15, -0.1) is 0 Å². The van der Waals surface area contributed by atoms with Gasteiger partial charge in [0.05, 0.1) is 11.3 Å². The second kappa shape index (κ2) is 8.36. The molecule has 9 heteroatoms. The van der Waals surface area contributed by atoms with Crippen molar-refractivity contribution >= 4 is 34.7 Å². The van der Waals surface area contributed by atoms with Crippen molar-refractivity contribution in [1.82, 2.24) is 4.98 Å². The fraction of sp³-hybridized carbons (Fsp3) is 0.120. The average Bonchev–Trinajstić information content (AvgIpc) is 3.41. The second-order valence-corrected chi connectivity index (χ2v) is 7.72. The fourth-order valence-corrected chi connectivity index (χ4v) is 4.05. The van der Waals surface area contributed by atoms with Gasteiger partial charge < -0.3 is 19.9 Å². The molecule has 0 saturated carbocycles. The first-order chi connectivity index (χ1) is 16.4. The zero-order chi connectivity index (χ0) is 23.8. The monoisotopic (exact) mass is 457 g/mol. The first-order valence-corrected chi connectivity index (χ1v) is 10.4. The lowest BCUT2D eigenvalue weighted by molar-refractivity contribution is -0.132. The summed E-state index contributed by atoms with van der Waals surface area (Å²) in [5.74, 6) is -1.35. The number of ketones is 1. The quantitative estimate of drug-likeness (QED) is 0.350. The van der Waals surface area contributed by atoms with E-state index in [1.165, 1.54) is 11.8 Å². The number of ether oxygens (including phenoxy) is 2. The van der Waals surface area contributed by atoms with Crippen molar-refractivity contribution in [2.75, 3.05) is 17.0 Å². The molecule has 0 aliphatic carbocycles. The molecule has 1 aromatic heterocycles. The molecule has 2 amide bonds. The number of aliphatic hydroxyl groups excluding tert-OH is 1. The number of carbonyl (C=O) groups is 3. The number of hydrogen-bond acceptors (Lipinski definition) is 7. The number of rotatable bonds is 4. The first kappa shape index (κ1) is 21.2. The largest absolute Gasteiger partial charge is 0.507 e. The molecule has 3 heterocycles. The number of fused-ring (bicyclic) bond motifs is 1. The number of nitrogens with zero attached hydrogens (tertiary/aromatic N) is 2. The molecule has 0 spiro atoms. The maximum Gasteiger partial charge on any atom is 0.300 e. The molecular weight excluding hydrogens is 438 g/mol. The highest BCUT2D eigenvalue weighted by Gasteiger charge is 2.47. The number of benzene rings is 2. The Bertz CT molecular complexity index is 1350. The molecule has 5 rings (SSSR count). The van der Waals surface area contributed by atoms with Gasteiger partial charge in [0.15, 0.2) is 11.5 Å². The van der Waals surface area contributed by atoms with Crippen LogP contribution in [0.1, 0.15) is 24.2 Å². The lowest BCUT2D eigenvalue weighted by atomic mass is 9.98. The third kappa shape index (κ3) is 3.62. The van der Waals surface area contributed by atoms with Crippen LogP contribution in [-0.2, 0) is 14.4 Å². The predicted octanol–water partition coefficient (Wildman–Crippen LogP) is 3.40. The van der Waals surface area contributed by atoms with E-state index in [1.54, 1.807) is 66.9 Å². The van der Waals surface area contributed by atoms with Crippen LogP contribution in [0.3, 0.4) is 0 Å². The summed E-state index contributed by atoms with van der Waals surface area (Å²) in [6, 6.07) is 15.5. The van der Waals surface area contributed by atoms with Crippen LogP contribution >= 0.6 is 0 Å². The third-order valence-electron chi connectivity index (χ3n) is 5.50. The minimum atomic E-state index is -0.987. The maximum absolute atomic E-state index is 13.2. The molecule has 0 bridgehead atoms. The van der Waals surface area contributed by atoms with Crippen molar-refractivity contribution < 1.29 is 29.0 Å². The molecule has 1 atom stereocenters. The van der Waals surface area contributed by atoms with Crippen LogP contribution < -0.4 is 19.7 Å². The highest BCUT2D eigenvalue weighted by molar-refractivity contribution is 6.51. The molecule has 9 nitrogen and oxygen atoms in total. The fourth-order valence-electron chi connectivity index (χ4n) is 4.05. The molecule has 2 aromatic carbocycles. The van der Waals surface area contributed by atoms with Crippen molar-refractivity contribution in [3.05, 3.63) is 83.7 Å².